The Balaban J connectivity index is 1.86. The van der Waals surface area contributed by atoms with E-state index in [1.807, 2.05) is 0 Å². The molecule has 2 aliphatic rings. The van der Waals surface area contributed by atoms with Crippen molar-refractivity contribution in [3.8, 4) is 0 Å². The second-order valence-corrected chi connectivity index (χ2v) is 6.08. The third-order valence-electron chi connectivity index (χ3n) is 4.91. The van der Waals surface area contributed by atoms with Crippen LogP contribution in [-0.2, 0) is 4.79 Å². The van der Waals surface area contributed by atoms with Gasteiger partial charge in [0, 0.05) is 30.3 Å². The van der Waals surface area contributed by atoms with E-state index in [0.717, 1.165) is 5.56 Å². The van der Waals surface area contributed by atoms with E-state index >= 15 is 0 Å². The highest BCUT2D eigenvalue weighted by Crippen LogP contribution is 2.65. The third-order valence-corrected chi connectivity index (χ3v) is 4.91. The van der Waals surface area contributed by atoms with Crippen LogP contribution in [0.1, 0.15) is 49.7 Å². The summed E-state index contributed by atoms with van der Waals surface area (Å²) < 4.78 is 0. The average Bonchev–Trinajstić information content (AvgIpc) is 3.12. The van der Waals surface area contributed by atoms with E-state index in [1.165, 1.54) is 43.0 Å². The fourth-order valence-corrected chi connectivity index (χ4v) is 3.67. The number of amides is 1. The summed E-state index contributed by atoms with van der Waals surface area (Å²) in [5.74, 6) is 0.280. The van der Waals surface area contributed by atoms with Crippen molar-refractivity contribution in [3.05, 3.63) is 35.4 Å². The molecule has 3 nitrogen and oxygen atoms in total. The molecule has 0 spiro atoms. The van der Waals surface area contributed by atoms with Crippen LogP contribution in [-0.4, -0.2) is 18.5 Å². The maximum absolute atomic E-state index is 10.8. The second kappa shape index (κ2) is 4.65. The Hall–Kier alpha value is -1.77. The summed E-state index contributed by atoms with van der Waals surface area (Å²) in [5.41, 5.74) is 9.39. The molecule has 0 aromatic heterocycles. The highest BCUT2D eigenvalue weighted by Gasteiger charge is 2.62. The first-order valence-corrected chi connectivity index (χ1v) is 7.44. The Morgan fingerprint density at radius 2 is 2.35 bits per heavy atom. The zero-order valence-corrected chi connectivity index (χ0v) is 12.2. The molecule has 1 aliphatic carbocycles. The first-order valence-electron chi connectivity index (χ1n) is 7.44. The standard InChI is InChI=1S/C17H22N2O/c1-3-4-9-17-11-14(17)13-10-12(6-8-16(18)20)5-7-15(13)19(17)2/h5-8,10,14H,3-4,9,11H2,1-2H3,(H2,18,20)/b8-6+/t14?,17-/m1/s1. The quantitative estimate of drug-likeness (QED) is 0.836. The van der Waals surface area contributed by atoms with Crippen LogP contribution in [0.25, 0.3) is 6.08 Å². The van der Waals surface area contributed by atoms with Crippen LogP contribution in [0, 0.1) is 0 Å². The molecule has 2 atom stereocenters. The minimum atomic E-state index is -0.397. The van der Waals surface area contributed by atoms with Gasteiger partial charge in [0.2, 0.25) is 5.91 Å². The van der Waals surface area contributed by atoms with Gasteiger partial charge in [-0.3, -0.25) is 4.79 Å². The SMILES string of the molecule is CCCC[C@@]12CC1c1cc(/C=C/C(N)=O)ccc1N2C. The van der Waals surface area contributed by atoms with Gasteiger partial charge in [0.15, 0.2) is 0 Å². The fourth-order valence-electron chi connectivity index (χ4n) is 3.67. The molecule has 1 heterocycles. The van der Waals surface area contributed by atoms with Crippen LogP contribution in [0.4, 0.5) is 5.69 Å². The van der Waals surface area contributed by atoms with Gasteiger partial charge < -0.3 is 10.6 Å². The van der Waals surface area contributed by atoms with Gasteiger partial charge >= 0.3 is 0 Å². The maximum Gasteiger partial charge on any atom is 0.241 e. The Bertz CT molecular complexity index is 578. The molecule has 0 radical (unpaired) electrons. The number of nitrogens with two attached hydrogens (primary N) is 1. The number of fused-ring (bicyclic) bond motifs is 3. The van der Waals surface area contributed by atoms with Crippen molar-refractivity contribution in [1.82, 2.24) is 0 Å². The molecule has 1 aromatic rings. The van der Waals surface area contributed by atoms with E-state index in [1.54, 1.807) is 6.08 Å². The van der Waals surface area contributed by atoms with Crippen molar-refractivity contribution in [1.29, 1.82) is 0 Å². The van der Waals surface area contributed by atoms with Gasteiger partial charge in [-0.2, -0.15) is 0 Å². The molecular weight excluding hydrogens is 248 g/mol. The van der Waals surface area contributed by atoms with E-state index < -0.39 is 5.91 Å². The zero-order valence-electron chi connectivity index (χ0n) is 12.2. The largest absolute Gasteiger partial charge is 0.368 e. The van der Waals surface area contributed by atoms with Crippen LogP contribution < -0.4 is 10.6 Å². The Kier molecular flexibility index (Phi) is 3.08. The fraction of sp³-hybridized carbons (Fsp3) is 0.471. The van der Waals surface area contributed by atoms with Crippen LogP contribution >= 0.6 is 0 Å². The minimum absolute atomic E-state index is 0.379. The normalized spacial score (nSPS) is 26.7. The molecule has 1 fully saturated rings. The van der Waals surface area contributed by atoms with Gasteiger partial charge in [-0.15, -0.1) is 0 Å². The summed E-state index contributed by atoms with van der Waals surface area (Å²) >= 11 is 0. The van der Waals surface area contributed by atoms with Crippen molar-refractivity contribution < 1.29 is 4.79 Å². The molecule has 0 bridgehead atoms. The summed E-state index contributed by atoms with van der Waals surface area (Å²) in [5, 5.41) is 0. The summed E-state index contributed by atoms with van der Waals surface area (Å²) in [6.45, 7) is 2.25. The maximum atomic E-state index is 10.8. The topological polar surface area (TPSA) is 46.3 Å². The molecular formula is C17H22N2O. The van der Waals surface area contributed by atoms with E-state index in [-0.39, 0.29) is 0 Å². The van der Waals surface area contributed by atoms with Crippen LogP contribution in [0.15, 0.2) is 24.3 Å². The smallest absolute Gasteiger partial charge is 0.241 e. The molecule has 3 heteroatoms. The predicted molar refractivity (Wildman–Crippen MR) is 82.7 cm³/mol. The van der Waals surface area contributed by atoms with E-state index in [0.29, 0.717) is 11.5 Å². The number of nitrogens with zero attached hydrogens (tertiary/aromatic N) is 1. The number of hydrogen-bond acceptors (Lipinski definition) is 2. The minimum Gasteiger partial charge on any atom is -0.368 e. The van der Waals surface area contributed by atoms with Gasteiger partial charge in [0.25, 0.3) is 0 Å². The lowest BCUT2D eigenvalue weighted by atomic mass is 10.0. The molecule has 1 amide bonds. The molecule has 20 heavy (non-hydrogen) atoms. The molecule has 3 rings (SSSR count). The third kappa shape index (κ3) is 1.92. The number of carbonyl (C=O) groups excluding carboxylic acids is 1. The van der Waals surface area contributed by atoms with E-state index in [4.69, 9.17) is 5.73 Å². The molecule has 1 unspecified atom stereocenters. The van der Waals surface area contributed by atoms with Crippen molar-refractivity contribution in [2.45, 2.75) is 44.1 Å². The molecule has 1 aromatic carbocycles. The number of benzene rings is 1. The number of anilines is 1. The van der Waals surface area contributed by atoms with Crippen molar-refractivity contribution in [2.75, 3.05) is 11.9 Å². The van der Waals surface area contributed by atoms with Gasteiger partial charge in [0.1, 0.15) is 0 Å². The number of unbranched alkanes of at least 4 members (excludes halogenated alkanes) is 1. The zero-order chi connectivity index (χ0) is 14.3. The van der Waals surface area contributed by atoms with E-state index in [9.17, 15) is 4.79 Å². The molecule has 106 valence electrons. The molecule has 1 aliphatic heterocycles. The lowest BCUT2D eigenvalue weighted by Gasteiger charge is -2.27. The van der Waals surface area contributed by atoms with Gasteiger partial charge in [-0.25, -0.2) is 0 Å². The van der Waals surface area contributed by atoms with Crippen molar-refractivity contribution in [3.63, 3.8) is 0 Å². The Morgan fingerprint density at radius 1 is 1.55 bits per heavy atom. The van der Waals surface area contributed by atoms with Gasteiger partial charge in [0.05, 0.1) is 0 Å². The molecule has 0 saturated heterocycles. The lowest BCUT2D eigenvalue weighted by molar-refractivity contribution is -0.113. The lowest BCUT2D eigenvalue weighted by Crippen LogP contribution is -2.31. The first-order chi connectivity index (χ1) is 9.58. The van der Waals surface area contributed by atoms with Crippen LogP contribution in [0.3, 0.4) is 0 Å². The van der Waals surface area contributed by atoms with Crippen LogP contribution in [0.5, 0.6) is 0 Å². The summed E-state index contributed by atoms with van der Waals surface area (Å²) in [7, 11) is 2.22. The highest BCUT2D eigenvalue weighted by atomic mass is 16.1. The van der Waals surface area contributed by atoms with Gasteiger partial charge in [-0.05, 0) is 42.2 Å². The number of hydrogen-bond donors (Lipinski definition) is 1. The first kappa shape index (κ1) is 13.2. The summed E-state index contributed by atoms with van der Waals surface area (Å²) in [6.07, 6.45) is 8.34. The van der Waals surface area contributed by atoms with Gasteiger partial charge in [-0.1, -0.05) is 25.8 Å². The number of primary amides is 1. The van der Waals surface area contributed by atoms with E-state index in [2.05, 4.69) is 37.1 Å². The average molecular weight is 270 g/mol. The predicted octanol–water partition coefficient (Wildman–Crippen LogP) is 3.05. The highest BCUT2D eigenvalue weighted by molar-refractivity contribution is 5.90. The summed E-state index contributed by atoms with van der Waals surface area (Å²) in [4.78, 5) is 13.3. The van der Waals surface area contributed by atoms with Crippen molar-refractivity contribution >= 4 is 17.7 Å². The Labute approximate surface area is 120 Å². The number of carbonyl (C=O) groups is 1. The van der Waals surface area contributed by atoms with Crippen LogP contribution in [0.2, 0.25) is 0 Å². The summed E-state index contributed by atoms with van der Waals surface area (Å²) in [6, 6.07) is 6.46. The van der Waals surface area contributed by atoms with Crippen molar-refractivity contribution in [2.24, 2.45) is 5.73 Å². The number of rotatable bonds is 5. The number of likely N-dealkylation sites (N-methyl/N-ethyl adjacent to an activating group) is 1. The molecule has 1 saturated carbocycles. The second-order valence-electron chi connectivity index (χ2n) is 6.08. The monoisotopic (exact) mass is 270 g/mol. The Morgan fingerprint density at radius 3 is 3.05 bits per heavy atom. The molecule has 2 N–H and O–H groups in total.